The van der Waals surface area contributed by atoms with Crippen LogP contribution in [-0.4, -0.2) is 52.1 Å². The number of nitro benzene ring substituents is 1. The predicted molar refractivity (Wildman–Crippen MR) is 128 cm³/mol. The fourth-order valence-corrected chi connectivity index (χ4v) is 3.61. The van der Waals surface area contributed by atoms with Gasteiger partial charge in [-0.3, -0.25) is 10.1 Å². The molecule has 0 unspecified atom stereocenters. The summed E-state index contributed by atoms with van der Waals surface area (Å²) in [5.41, 5.74) is 3.42. The van der Waals surface area contributed by atoms with Crippen LogP contribution in [-0.2, 0) is 4.74 Å². The Bertz CT molecular complexity index is 1030. The number of nitro groups is 1. The highest BCUT2D eigenvalue weighted by Gasteiger charge is 2.22. The van der Waals surface area contributed by atoms with Gasteiger partial charge in [-0.1, -0.05) is 60.2 Å². The van der Waals surface area contributed by atoms with Crippen LogP contribution in [0.5, 0.6) is 0 Å². The number of aryl methyl sites for hydroxylation is 1. The minimum atomic E-state index is -1.11. The number of aliphatic hydroxyl groups is 3. The molecule has 0 saturated carbocycles. The van der Waals surface area contributed by atoms with Crippen molar-refractivity contribution in [3.8, 4) is 0 Å². The summed E-state index contributed by atoms with van der Waals surface area (Å²) in [4.78, 5) is 10.3. The Morgan fingerprint density at radius 3 is 2.09 bits per heavy atom. The number of ether oxygens (including phenoxy) is 1. The molecule has 0 saturated heterocycles. The van der Waals surface area contributed by atoms with Crippen molar-refractivity contribution in [2.24, 2.45) is 0 Å². The SMILES string of the molecule is Cc1ccc([C@H](OC[C@H](O)CN[C@H](CO)[C@H](O)c2ccc([N+](=O)[O-])cc2)c2ccccc2)cc1. The summed E-state index contributed by atoms with van der Waals surface area (Å²) in [6.07, 6.45) is -2.35. The summed E-state index contributed by atoms with van der Waals surface area (Å²) in [5, 5.41) is 44.5. The van der Waals surface area contributed by atoms with E-state index in [-0.39, 0.29) is 31.5 Å². The molecule has 8 nitrogen and oxygen atoms in total. The fourth-order valence-electron chi connectivity index (χ4n) is 3.61. The molecule has 0 aliphatic carbocycles. The Kier molecular flexibility index (Phi) is 9.26. The molecule has 4 N–H and O–H groups in total. The zero-order chi connectivity index (χ0) is 24.5. The summed E-state index contributed by atoms with van der Waals surface area (Å²) >= 11 is 0. The largest absolute Gasteiger partial charge is 0.395 e. The highest BCUT2D eigenvalue weighted by Crippen LogP contribution is 2.26. The minimum Gasteiger partial charge on any atom is -0.395 e. The quantitative estimate of drug-likeness (QED) is 0.239. The number of hydrogen-bond donors (Lipinski definition) is 4. The van der Waals surface area contributed by atoms with E-state index in [4.69, 9.17) is 4.74 Å². The molecule has 0 heterocycles. The summed E-state index contributed by atoms with van der Waals surface area (Å²) in [7, 11) is 0. The fraction of sp³-hybridized carbons (Fsp3) is 0.308. The molecule has 0 fully saturated rings. The standard InChI is InChI=1S/C26H30N2O6/c1-18-7-9-21(10-8-18)26(20-5-3-2-4-6-20)34-17-23(30)15-27-24(16-29)25(31)19-11-13-22(14-12-19)28(32)33/h2-14,23-27,29-31H,15-17H2,1H3/t23-,24-,25-,26-/m1/s1. The van der Waals surface area contributed by atoms with Crippen LogP contribution in [0, 0.1) is 17.0 Å². The van der Waals surface area contributed by atoms with Gasteiger partial charge in [-0.25, -0.2) is 0 Å². The zero-order valence-corrected chi connectivity index (χ0v) is 18.9. The Hall–Kier alpha value is -3.14. The minimum absolute atomic E-state index is 0.0339. The molecule has 0 aliphatic rings. The van der Waals surface area contributed by atoms with E-state index in [1.807, 2.05) is 61.5 Å². The lowest BCUT2D eigenvalue weighted by Crippen LogP contribution is -2.43. The highest BCUT2D eigenvalue weighted by atomic mass is 16.6. The highest BCUT2D eigenvalue weighted by molar-refractivity contribution is 5.34. The molecule has 0 amide bonds. The smallest absolute Gasteiger partial charge is 0.269 e. The molecule has 0 radical (unpaired) electrons. The molecule has 3 aromatic carbocycles. The molecule has 8 heteroatoms. The first kappa shape index (κ1) is 25.5. The van der Waals surface area contributed by atoms with Crippen molar-refractivity contribution in [3.63, 3.8) is 0 Å². The Morgan fingerprint density at radius 2 is 1.50 bits per heavy atom. The van der Waals surface area contributed by atoms with Gasteiger partial charge in [-0.05, 0) is 35.7 Å². The maximum absolute atomic E-state index is 10.8. The van der Waals surface area contributed by atoms with E-state index in [9.17, 15) is 25.4 Å². The van der Waals surface area contributed by atoms with Crippen molar-refractivity contribution in [1.82, 2.24) is 5.32 Å². The van der Waals surface area contributed by atoms with Crippen molar-refractivity contribution in [2.45, 2.75) is 31.3 Å². The first-order valence-electron chi connectivity index (χ1n) is 11.1. The van der Waals surface area contributed by atoms with Gasteiger partial charge in [0.05, 0.1) is 36.4 Å². The number of hydrogen-bond acceptors (Lipinski definition) is 7. The van der Waals surface area contributed by atoms with Crippen LogP contribution in [0.15, 0.2) is 78.9 Å². The number of benzene rings is 3. The average Bonchev–Trinajstić information content (AvgIpc) is 2.86. The number of aliphatic hydroxyl groups excluding tert-OH is 3. The predicted octanol–water partition coefficient (Wildman–Crippen LogP) is 3.05. The van der Waals surface area contributed by atoms with Crippen molar-refractivity contribution < 1.29 is 25.0 Å². The van der Waals surface area contributed by atoms with Crippen molar-refractivity contribution >= 4 is 5.69 Å². The summed E-state index contributed by atoms with van der Waals surface area (Å²) in [5.74, 6) is 0. The Balaban J connectivity index is 1.59. The van der Waals surface area contributed by atoms with E-state index < -0.39 is 23.2 Å². The van der Waals surface area contributed by atoms with E-state index in [1.54, 1.807) is 0 Å². The number of nitrogens with zero attached hydrogens (tertiary/aromatic N) is 1. The van der Waals surface area contributed by atoms with E-state index in [0.29, 0.717) is 5.56 Å². The van der Waals surface area contributed by atoms with Crippen LogP contribution in [0.4, 0.5) is 5.69 Å². The lowest BCUT2D eigenvalue weighted by atomic mass is 10.0. The topological polar surface area (TPSA) is 125 Å². The third-order valence-corrected chi connectivity index (χ3v) is 5.58. The lowest BCUT2D eigenvalue weighted by Gasteiger charge is -2.25. The second-order valence-corrected chi connectivity index (χ2v) is 8.18. The van der Waals surface area contributed by atoms with Crippen LogP contribution in [0.25, 0.3) is 0 Å². The van der Waals surface area contributed by atoms with Crippen molar-refractivity contribution in [1.29, 1.82) is 0 Å². The number of non-ortho nitro benzene ring substituents is 1. The van der Waals surface area contributed by atoms with Gasteiger partial charge >= 0.3 is 0 Å². The third kappa shape index (κ3) is 6.93. The van der Waals surface area contributed by atoms with E-state index in [2.05, 4.69) is 5.32 Å². The Morgan fingerprint density at radius 1 is 0.912 bits per heavy atom. The molecule has 180 valence electrons. The van der Waals surface area contributed by atoms with Crippen LogP contribution in [0.1, 0.15) is 34.5 Å². The average molecular weight is 467 g/mol. The molecule has 0 aromatic heterocycles. The molecule has 34 heavy (non-hydrogen) atoms. The zero-order valence-electron chi connectivity index (χ0n) is 18.9. The normalized spacial score (nSPS) is 14.8. The van der Waals surface area contributed by atoms with E-state index in [0.717, 1.165) is 16.7 Å². The molecular formula is C26H30N2O6. The second-order valence-electron chi connectivity index (χ2n) is 8.18. The van der Waals surface area contributed by atoms with Gasteiger partial charge in [0.1, 0.15) is 6.10 Å². The van der Waals surface area contributed by atoms with Crippen LogP contribution >= 0.6 is 0 Å². The van der Waals surface area contributed by atoms with Gasteiger partial charge in [-0.15, -0.1) is 0 Å². The molecule has 0 bridgehead atoms. The lowest BCUT2D eigenvalue weighted by molar-refractivity contribution is -0.384. The second kappa shape index (κ2) is 12.4. The number of nitrogens with one attached hydrogen (secondary N) is 1. The van der Waals surface area contributed by atoms with E-state index in [1.165, 1.54) is 24.3 Å². The first-order valence-corrected chi connectivity index (χ1v) is 11.1. The van der Waals surface area contributed by atoms with Crippen LogP contribution in [0.3, 0.4) is 0 Å². The van der Waals surface area contributed by atoms with Crippen molar-refractivity contribution in [3.05, 3.63) is 111 Å². The monoisotopic (exact) mass is 466 g/mol. The van der Waals surface area contributed by atoms with E-state index >= 15 is 0 Å². The van der Waals surface area contributed by atoms with Crippen molar-refractivity contribution in [2.75, 3.05) is 19.8 Å². The molecule has 0 spiro atoms. The van der Waals surface area contributed by atoms with Gasteiger partial charge in [0.25, 0.3) is 5.69 Å². The summed E-state index contributed by atoms with van der Waals surface area (Å²) in [6.45, 7) is 1.74. The number of rotatable bonds is 12. The molecule has 4 atom stereocenters. The van der Waals surface area contributed by atoms with Crippen LogP contribution in [0.2, 0.25) is 0 Å². The molecular weight excluding hydrogens is 436 g/mol. The summed E-state index contributed by atoms with van der Waals surface area (Å²) < 4.78 is 6.08. The molecule has 0 aliphatic heterocycles. The van der Waals surface area contributed by atoms with Gasteiger partial charge in [0, 0.05) is 18.7 Å². The maximum atomic E-state index is 10.8. The first-order chi connectivity index (χ1) is 16.4. The molecule has 3 rings (SSSR count). The van der Waals surface area contributed by atoms with Crippen LogP contribution < -0.4 is 5.32 Å². The maximum Gasteiger partial charge on any atom is 0.269 e. The molecule has 3 aromatic rings. The Labute approximate surface area is 198 Å². The van der Waals surface area contributed by atoms with Gasteiger partial charge in [0.15, 0.2) is 0 Å². The summed E-state index contributed by atoms with van der Waals surface area (Å²) in [6, 6.07) is 22.5. The third-order valence-electron chi connectivity index (χ3n) is 5.58. The van der Waals surface area contributed by atoms with Gasteiger partial charge in [0.2, 0.25) is 0 Å². The van der Waals surface area contributed by atoms with Gasteiger partial charge in [-0.2, -0.15) is 0 Å². The van der Waals surface area contributed by atoms with Gasteiger partial charge < -0.3 is 25.4 Å².